The van der Waals surface area contributed by atoms with E-state index in [9.17, 15) is 4.79 Å². The maximum absolute atomic E-state index is 12.5. The number of aromatic nitrogens is 3. The van der Waals surface area contributed by atoms with E-state index < -0.39 is 0 Å². The van der Waals surface area contributed by atoms with E-state index in [1.807, 2.05) is 66.9 Å². The van der Waals surface area contributed by atoms with Crippen LogP contribution in [-0.4, -0.2) is 34.7 Å². The van der Waals surface area contributed by atoms with Gasteiger partial charge in [-0.1, -0.05) is 29.8 Å². The quantitative estimate of drug-likeness (QED) is 0.388. The molecule has 0 aliphatic heterocycles. The maximum atomic E-state index is 12.5. The van der Waals surface area contributed by atoms with Gasteiger partial charge < -0.3 is 14.8 Å². The zero-order valence-corrected chi connectivity index (χ0v) is 20.4. The molecule has 0 saturated carbocycles. The molecule has 34 heavy (non-hydrogen) atoms. The fourth-order valence-corrected chi connectivity index (χ4v) is 4.15. The molecule has 1 amide bonds. The van der Waals surface area contributed by atoms with Gasteiger partial charge in [0.05, 0.1) is 19.9 Å². The molecule has 8 heteroatoms. The van der Waals surface area contributed by atoms with Crippen molar-refractivity contribution in [1.29, 1.82) is 0 Å². The van der Waals surface area contributed by atoms with E-state index >= 15 is 0 Å². The van der Waals surface area contributed by atoms with E-state index in [2.05, 4.69) is 5.32 Å². The maximum Gasteiger partial charge on any atom is 0.220 e. The first-order chi connectivity index (χ1) is 16.4. The number of hydrogen-bond acceptors (Lipinski definition) is 5. The molecule has 0 saturated heterocycles. The van der Waals surface area contributed by atoms with Crippen LogP contribution >= 0.6 is 11.6 Å². The molecule has 2 heterocycles. The lowest BCUT2D eigenvalue weighted by atomic mass is 10.1. The number of methoxy groups -OCH3 is 2. The van der Waals surface area contributed by atoms with E-state index in [0.717, 1.165) is 39.4 Å². The number of nitrogens with one attached hydrogen (secondary N) is 1. The molecular formula is C26H27ClN4O3. The Bertz CT molecular complexity index is 1330. The fraction of sp³-hybridized carbons (Fsp3) is 0.269. The summed E-state index contributed by atoms with van der Waals surface area (Å²) < 4.78 is 12.6. The average molecular weight is 479 g/mol. The molecule has 0 spiro atoms. The summed E-state index contributed by atoms with van der Waals surface area (Å²) in [7, 11) is 3.24. The van der Waals surface area contributed by atoms with Gasteiger partial charge >= 0.3 is 0 Å². The summed E-state index contributed by atoms with van der Waals surface area (Å²) in [5.74, 6) is 1.34. The monoisotopic (exact) mass is 478 g/mol. The molecule has 0 radical (unpaired) electrons. The Morgan fingerprint density at radius 3 is 2.44 bits per heavy atom. The van der Waals surface area contributed by atoms with Gasteiger partial charge in [-0.2, -0.15) is 5.10 Å². The number of carbonyl (C=O) groups excluding carboxylic acids is 1. The Kier molecular flexibility index (Phi) is 7.03. The van der Waals surface area contributed by atoms with Crippen molar-refractivity contribution in [1.82, 2.24) is 19.9 Å². The smallest absolute Gasteiger partial charge is 0.220 e. The van der Waals surface area contributed by atoms with Crippen molar-refractivity contribution in [2.24, 2.45) is 0 Å². The zero-order valence-electron chi connectivity index (χ0n) is 19.7. The molecular weight excluding hydrogens is 452 g/mol. The van der Waals surface area contributed by atoms with Crippen LogP contribution in [0.1, 0.15) is 28.9 Å². The Labute approximate surface area is 203 Å². The van der Waals surface area contributed by atoms with Crippen LogP contribution in [0.5, 0.6) is 11.5 Å². The lowest BCUT2D eigenvalue weighted by Gasteiger charge is -2.11. The minimum atomic E-state index is -0.0385. The standard InChI is InChI=1S/C26H27ClN4O3/c1-16-22(9-10-26(32)28-15-18-7-5-6-8-23(18)27)17(2)31-25(29-16)14-24(30-31)19-11-20(33-3)13-21(12-19)34-4/h5-8,11-14H,9-10,15H2,1-4H3,(H,28,32). The van der Waals surface area contributed by atoms with Crippen LogP contribution in [0.4, 0.5) is 0 Å². The normalized spacial score (nSPS) is 11.0. The zero-order chi connectivity index (χ0) is 24.2. The number of amides is 1. The molecule has 4 aromatic rings. The first-order valence-corrected chi connectivity index (χ1v) is 11.4. The minimum absolute atomic E-state index is 0.0385. The van der Waals surface area contributed by atoms with Crippen molar-refractivity contribution >= 4 is 23.2 Å². The highest BCUT2D eigenvalue weighted by molar-refractivity contribution is 6.31. The highest BCUT2D eigenvalue weighted by Crippen LogP contribution is 2.30. The second-order valence-corrected chi connectivity index (χ2v) is 8.44. The van der Waals surface area contributed by atoms with E-state index in [4.69, 9.17) is 31.2 Å². The number of hydrogen-bond donors (Lipinski definition) is 1. The van der Waals surface area contributed by atoms with Gasteiger partial charge in [0.25, 0.3) is 0 Å². The SMILES string of the molecule is COc1cc(OC)cc(-c2cc3nc(C)c(CCC(=O)NCc4ccccc4Cl)c(C)n3n2)c1. The van der Waals surface area contributed by atoms with Crippen molar-refractivity contribution in [3.63, 3.8) is 0 Å². The van der Waals surface area contributed by atoms with Crippen molar-refractivity contribution in [3.8, 4) is 22.8 Å². The average Bonchev–Trinajstić information content (AvgIpc) is 3.27. The van der Waals surface area contributed by atoms with E-state index in [1.165, 1.54) is 0 Å². The third kappa shape index (κ3) is 4.99. The van der Waals surface area contributed by atoms with E-state index in [0.29, 0.717) is 35.9 Å². The fourth-order valence-electron chi connectivity index (χ4n) is 3.95. The summed E-state index contributed by atoms with van der Waals surface area (Å²) in [6.45, 7) is 4.37. The van der Waals surface area contributed by atoms with Gasteiger partial charge in [0.2, 0.25) is 5.91 Å². The van der Waals surface area contributed by atoms with Gasteiger partial charge in [0.15, 0.2) is 5.65 Å². The predicted molar refractivity (Wildman–Crippen MR) is 133 cm³/mol. The number of ether oxygens (including phenoxy) is 2. The first kappa shape index (κ1) is 23.6. The molecule has 0 unspecified atom stereocenters. The van der Waals surface area contributed by atoms with Gasteiger partial charge in [0.1, 0.15) is 11.5 Å². The van der Waals surface area contributed by atoms with Crippen molar-refractivity contribution in [2.75, 3.05) is 14.2 Å². The third-order valence-corrected chi connectivity index (χ3v) is 6.22. The molecule has 1 N–H and O–H groups in total. The molecule has 0 bridgehead atoms. The lowest BCUT2D eigenvalue weighted by Crippen LogP contribution is -2.23. The van der Waals surface area contributed by atoms with Gasteiger partial charge in [-0.25, -0.2) is 9.50 Å². The molecule has 2 aromatic heterocycles. The molecule has 0 fully saturated rings. The number of aryl methyl sites for hydroxylation is 2. The van der Waals surface area contributed by atoms with Crippen LogP contribution < -0.4 is 14.8 Å². The van der Waals surface area contributed by atoms with Crippen LogP contribution in [0, 0.1) is 13.8 Å². The van der Waals surface area contributed by atoms with Crippen LogP contribution in [0.3, 0.4) is 0 Å². The topological polar surface area (TPSA) is 77.8 Å². The highest BCUT2D eigenvalue weighted by atomic mass is 35.5. The largest absolute Gasteiger partial charge is 0.497 e. The van der Waals surface area contributed by atoms with Crippen LogP contribution in [-0.2, 0) is 17.8 Å². The molecule has 0 atom stereocenters. The predicted octanol–water partition coefficient (Wildman–Crippen LogP) is 4.93. The molecule has 2 aromatic carbocycles. The molecule has 0 aliphatic rings. The number of carbonyl (C=O) groups is 1. The van der Waals surface area contributed by atoms with Crippen LogP contribution in [0.25, 0.3) is 16.9 Å². The number of rotatable bonds is 8. The van der Waals surface area contributed by atoms with Gasteiger partial charge in [-0.3, -0.25) is 4.79 Å². The molecule has 176 valence electrons. The van der Waals surface area contributed by atoms with Gasteiger partial charge in [0, 0.05) is 47.1 Å². The van der Waals surface area contributed by atoms with Crippen LogP contribution in [0.2, 0.25) is 5.02 Å². The van der Waals surface area contributed by atoms with Gasteiger partial charge in [-0.05, 0) is 49.6 Å². The Balaban J connectivity index is 1.53. The summed E-state index contributed by atoms with van der Waals surface area (Å²) in [5.41, 5.74) is 6.14. The number of fused-ring (bicyclic) bond motifs is 1. The summed E-state index contributed by atoms with van der Waals surface area (Å²) in [6, 6.07) is 15.1. The van der Waals surface area contributed by atoms with Crippen LogP contribution in [0.15, 0.2) is 48.5 Å². The molecule has 4 rings (SSSR count). The second-order valence-electron chi connectivity index (χ2n) is 8.03. The number of halogens is 1. The van der Waals surface area contributed by atoms with Crippen molar-refractivity contribution in [2.45, 2.75) is 33.2 Å². The highest BCUT2D eigenvalue weighted by Gasteiger charge is 2.15. The third-order valence-electron chi connectivity index (χ3n) is 5.85. The molecule has 0 aliphatic carbocycles. The minimum Gasteiger partial charge on any atom is -0.497 e. The number of nitrogens with zero attached hydrogens (tertiary/aromatic N) is 3. The van der Waals surface area contributed by atoms with E-state index in [-0.39, 0.29) is 5.91 Å². The Hall–Kier alpha value is -3.58. The Morgan fingerprint density at radius 1 is 1.06 bits per heavy atom. The number of benzene rings is 2. The van der Waals surface area contributed by atoms with Crippen molar-refractivity contribution < 1.29 is 14.3 Å². The summed E-state index contributed by atoms with van der Waals surface area (Å²) in [5, 5.41) is 8.36. The van der Waals surface area contributed by atoms with Crippen molar-refractivity contribution in [3.05, 3.63) is 76.1 Å². The second kappa shape index (κ2) is 10.1. The van der Waals surface area contributed by atoms with Gasteiger partial charge in [-0.15, -0.1) is 0 Å². The Morgan fingerprint density at radius 2 is 1.76 bits per heavy atom. The van der Waals surface area contributed by atoms with E-state index in [1.54, 1.807) is 14.2 Å². The molecule has 7 nitrogen and oxygen atoms in total. The first-order valence-electron chi connectivity index (χ1n) is 11.0. The lowest BCUT2D eigenvalue weighted by molar-refractivity contribution is -0.121. The summed E-state index contributed by atoms with van der Waals surface area (Å²) in [4.78, 5) is 17.2. The summed E-state index contributed by atoms with van der Waals surface area (Å²) in [6.07, 6.45) is 0.914. The summed E-state index contributed by atoms with van der Waals surface area (Å²) >= 11 is 6.17.